The normalized spacial score (nSPS) is 19.1. The highest BCUT2D eigenvalue weighted by Gasteiger charge is 2.47. The number of rotatable bonds is 3. The van der Waals surface area contributed by atoms with Crippen LogP contribution >= 0.6 is 11.6 Å². The number of fused-ring (bicyclic) bond motifs is 1. The minimum atomic E-state index is -0.869. The van der Waals surface area contributed by atoms with Crippen molar-refractivity contribution in [3.8, 4) is 11.5 Å². The number of benzene rings is 2. The maximum absolute atomic E-state index is 13.2. The summed E-state index contributed by atoms with van der Waals surface area (Å²) in [4.78, 5) is 32.0. The van der Waals surface area contributed by atoms with Crippen LogP contribution in [0.5, 0.6) is 11.5 Å². The van der Waals surface area contributed by atoms with Crippen LogP contribution in [-0.2, 0) is 9.59 Å². The first kappa shape index (κ1) is 21.0. The number of aliphatic hydroxyl groups excluding tert-OH is 1. The van der Waals surface area contributed by atoms with Gasteiger partial charge in [-0.15, -0.1) is 0 Å². The highest BCUT2D eigenvalue weighted by Crippen LogP contribution is 2.44. The number of anilines is 1. The Morgan fingerprint density at radius 1 is 1.09 bits per heavy atom. The summed E-state index contributed by atoms with van der Waals surface area (Å²) < 4.78 is 11.1. The van der Waals surface area contributed by atoms with E-state index in [-0.39, 0.29) is 11.3 Å². The molecular weight excluding hydrogens is 444 g/mol. The monoisotopic (exact) mass is 462 g/mol. The highest BCUT2D eigenvalue weighted by molar-refractivity contribution is 6.51. The van der Waals surface area contributed by atoms with Crippen molar-refractivity contribution in [3.05, 3.63) is 88.2 Å². The predicted octanol–water partition coefficient (Wildman–Crippen LogP) is 4.44. The third-order valence-corrected chi connectivity index (χ3v) is 5.91. The highest BCUT2D eigenvalue weighted by atomic mass is 35.5. The summed E-state index contributed by atoms with van der Waals surface area (Å²) in [6.45, 7) is 2.62. The predicted molar refractivity (Wildman–Crippen MR) is 123 cm³/mol. The lowest BCUT2D eigenvalue weighted by Gasteiger charge is -2.26. The summed E-state index contributed by atoms with van der Waals surface area (Å²) in [5, 5.41) is 11.8. The number of aliphatic hydroxyl groups is 1. The Labute approximate surface area is 194 Å². The number of pyridine rings is 1. The summed E-state index contributed by atoms with van der Waals surface area (Å²) in [6, 6.07) is 12.6. The quantitative estimate of drug-likeness (QED) is 0.351. The summed E-state index contributed by atoms with van der Waals surface area (Å²) in [5.74, 6) is -0.808. The Morgan fingerprint density at radius 3 is 2.61 bits per heavy atom. The van der Waals surface area contributed by atoms with E-state index in [0.717, 1.165) is 5.56 Å². The molecule has 1 fully saturated rings. The van der Waals surface area contributed by atoms with Crippen LogP contribution in [0.25, 0.3) is 5.76 Å². The first-order valence-corrected chi connectivity index (χ1v) is 10.7. The first-order chi connectivity index (χ1) is 16.0. The van der Waals surface area contributed by atoms with E-state index in [9.17, 15) is 14.7 Å². The number of carbonyl (C=O) groups is 2. The van der Waals surface area contributed by atoms with Crippen LogP contribution in [0, 0.1) is 6.92 Å². The van der Waals surface area contributed by atoms with Gasteiger partial charge in [-0.2, -0.15) is 0 Å². The van der Waals surface area contributed by atoms with Gasteiger partial charge in [0.15, 0.2) is 11.5 Å². The van der Waals surface area contributed by atoms with Crippen molar-refractivity contribution in [2.45, 2.75) is 13.0 Å². The van der Waals surface area contributed by atoms with Gasteiger partial charge in [0, 0.05) is 28.7 Å². The zero-order valence-electron chi connectivity index (χ0n) is 17.6. The van der Waals surface area contributed by atoms with E-state index < -0.39 is 17.7 Å². The van der Waals surface area contributed by atoms with E-state index >= 15 is 0 Å². The fourth-order valence-electron chi connectivity index (χ4n) is 4.17. The second-order valence-corrected chi connectivity index (χ2v) is 8.18. The van der Waals surface area contributed by atoms with Crippen LogP contribution in [-0.4, -0.2) is 35.0 Å². The number of ketones is 1. The van der Waals surface area contributed by atoms with Crippen LogP contribution in [0.15, 0.2) is 66.5 Å². The van der Waals surface area contributed by atoms with Gasteiger partial charge >= 0.3 is 0 Å². The molecule has 2 aliphatic heterocycles. The number of hydrogen-bond acceptors (Lipinski definition) is 6. The van der Waals surface area contributed by atoms with Crippen molar-refractivity contribution in [1.29, 1.82) is 0 Å². The lowest BCUT2D eigenvalue weighted by Crippen LogP contribution is -2.30. The van der Waals surface area contributed by atoms with E-state index in [0.29, 0.717) is 46.5 Å². The molecule has 1 N–H and O–H groups in total. The van der Waals surface area contributed by atoms with Gasteiger partial charge in [0.25, 0.3) is 11.7 Å². The van der Waals surface area contributed by atoms with Crippen molar-refractivity contribution in [2.75, 3.05) is 18.1 Å². The molecule has 7 nitrogen and oxygen atoms in total. The van der Waals surface area contributed by atoms with Crippen LogP contribution in [0.3, 0.4) is 0 Å². The van der Waals surface area contributed by atoms with E-state index in [4.69, 9.17) is 21.1 Å². The number of halogens is 1. The van der Waals surface area contributed by atoms with Gasteiger partial charge in [-0.3, -0.25) is 19.5 Å². The van der Waals surface area contributed by atoms with Crippen molar-refractivity contribution in [1.82, 2.24) is 4.98 Å². The van der Waals surface area contributed by atoms with Crippen LogP contribution < -0.4 is 14.4 Å². The van der Waals surface area contributed by atoms with Crippen LogP contribution in [0.1, 0.15) is 22.7 Å². The van der Waals surface area contributed by atoms with Crippen molar-refractivity contribution >= 4 is 34.7 Å². The van der Waals surface area contributed by atoms with Gasteiger partial charge in [0.2, 0.25) is 0 Å². The summed E-state index contributed by atoms with van der Waals surface area (Å²) in [6.07, 6.45) is 3.18. The van der Waals surface area contributed by atoms with E-state index in [1.165, 1.54) is 4.90 Å². The molecule has 2 aliphatic rings. The third-order valence-electron chi connectivity index (χ3n) is 5.68. The molecule has 1 aromatic heterocycles. The second-order valence-electron chi connectivity index (χ2n) is 7.74. The van der Waals surface area contributed by atoms with Gasteiger partial charge in [0.1, 0.15) is 19.0 Å². The molecule has 1 amide bonds. The van der Waals surface area contributed by atoms with Gasteiger partial charge < -0.3 is 14.6 Å². The Hall–Kier alpha value is -3.84. The molecule has 3 aromatic rings. The SMILES string of the molecule is Cc1cc(Cl)ccc1N1C(=O)C(=O)/C(=C(\O)c2ccc3c(c2)OCCO3)C1c1cccnc1. The topological polar surface area (TPSA) is 89.0 Å². The molecule has 5 rings (SSSR count). The number of amides is 1. The lowest BCUT2D eigenvalue weighted by molar-refractivity contribution is -0.132. The van der Waals surface area contributed by atoms with Crippen molar-refractivity contribution in [3.63, 3.8) is 0 Å². The maximum Gasteiger partial charge on any atom is 0.300 e. The molecule has 166 valence electrons. The van der Waals surface area contributed by atoms with Crippen LogP contribution in [0.2, 0.25) is 5.02 Å². The number of aryl methyl sites for hydroxylation is 1. The molecular formula is C25H19ClN2O5. The van der Waals surface area contributed by atoms with E-state index in [1.54, 1.807) is 60.9 Å². The number of Topliss-reactive ketones (excluding diaryl/α,β-unsaturated/α-hetero) is 1. The number of ether oxygens (including phenoxy) is 2. The van der Waals surface area contributed by atoms with E-state index in [1.807, 2.05) is 6.92 Å². The number of aromatic nitrogens is 1. The number of nitrogens with zero attached hydrogens (tertiary/aromatic N) is 2. The molecule has 3 heterocycles. The number of hydrogen-bond donors (Lipinski definition) is 1. The van der Waals surface area contributed by atoms with Gasteiger partial charge in [-0.05, 0) is 60.5 Å². The molecule has 1 atom stereocenters. The minimum absolute atomic E-state index is 0.0287. The summed E-state index contributed by atoms with van der Waals surface area (Å²) in [5.41, 5.74) is 2.15. The van der Waals surface area contributed by atoms with Gasteiger partial charge in [0.05, 0.1) is 11.6 Å². The lowest BCUT2D eigenvalue weighted by atomic mass is 9.95. The Bertz CT molecular complexity index is 1310. The fraction of sp³-hybridized carbons (Fsp3) is 0.160. The van der Waals surface area contributed by atoms with E-state index in [2.05, 4.69) is 4.98 Å². The average Bonchev–Trinajstić information content (AvgIpc) is 3.09. The molecule has 0 aliphatic carbocycles. The van der Waals surface area contributed by atoms with Gasteiger partial charge in [-0.25, -0.2) is 0 Å². The Kier molecular flexibility index (Phi) is 5.26. The van der Waals surface area contributed by atoms with Gasteiger partial charge in [-0.1, -0.05) is 17.7 Å². The molecule has 1 saturated heterocycles. The molecule has 0 saturated carbocycles. The molecule has 0 bridgehead atoms. The molecule has 0 radical (unpaired) electrons. The zero-order valence-corrected chi connectivity index (χ0v) is 18.4. The molecule has 1 unspecified atom stereocenters. The molecule has 8 heteroatoms. The fourth-order valence-corrected chi connectivity index (χ4v) is 4.40. The summed E-state index contributed by atoms with van der Waals surface area (Å²) >= 11 is 6.11. The molecule has 2 aromatic carbocycles. The van der Waals surface area contributed by atoms with Crippen molar-refractivity contribution < 1.29 is 24.2 Å². The Morgan fingerprint density at radius 2 is 1.88 bits per heavy atom. The molecule has 0 spiro atoms. The maximum atomic E-state index is 13.2. The number of carbonyl (C=O) groups excluding carboxylic acids is 2. The average molecular weight is 463 g/mol. The summed E-state index contributed by atoms with van der Waals surface area (Å²) in [7, 11) is 0. The first-order valence-electron chi connectivity index (χ1n) is 10.3. The smallest absolute Gasteiger partial charge is 0.300 e. The van der Waals surface area contributed by atoms with Crippen LogP contribution in [0.4, 0.5) is 5.69 Å². The van der Waals surface area contributed by atoms with Crippen molar-refractivity contribution in [2.24, 2.45) is 0 Å². The zero-order chi connectivity index (χ0) is 23.1. The molecule has 33 heavy (non-hydrogen) atoms. The largest absolute Gasteiger partial charge is 0.507 e. The second kappa shape index (κ2) is 8.26. The minimum Gasteiger partial charge on any atom is -0.507 e. The Balaban J connectivity index is 1.70. The third kappa shape index (κ3) is 3.60. The standard InChI is InChI=1S/C25H19ClN2O5/c1-14-11-17(26)5-6-18(14)28-22(16-3-2-8-27-13-16)21(24(30)25(28)31)23(29)15-4-7-19-20(12-15)33-10-9-32-19/h2-8,11-13,22,29H,9-10H2,1H3/b23-21-.